The van der Waals surface area contributed by atoms with Gasteiger partial charge in [-0.2, -0.15) is 5.26 Å². The predicted molar refractivity (Wildman–Crippen MR) is 112 cm³/mol. The first-order chi connectivity index (χ1) is 14.7. The van der Waals surface area contributed by atoms with Gasteiger partial charge in [0.2, 0.25) is 0 Å². The second kappa shape index (κ2) is 8.00. The molecular weight excluding hydrogens is 378 g/mol. The topological polar surface area (TPSA) is 74.6 Å². The van der Waals surface area contributed by atoms with Crippen LogP contribution in [0.5, 0.6) is 5.75 Å². The third kappa shape index (κ3) is 3.73. The lowest BCUT2D eigenvalue weighted by Gasteiger charge is -2.34. The summed E-state index contributed by atoms with van der Waals surface area (Å²) in [6.45, 7) is 2.71. The number of anilines is 1. The van der Waals surface area contributed by atoms with E-state index in [4.69, 9.17) is 14.7 Å². The van der Waals surface area contributed by atoms with E-state index in [1.807, 2.05) is 23.1 Å². The Balaban J connectivity index is 1.36. The number of hydrogen-bond donors (Lipinski definition) is 1. The lowest BCUT2D eigenvalue weighted by Crippen LogP contribution is -2.38. The largest absolute Gasteiger partial charge is 0.493 e. The van der Waals surface area contributed by atoms with Gasteiger partial charge in [0.05, 0.1) is 30.9 Å². The highest BCUT2D eigenvalue weighted by atomic mass is 16.5. The van der Waals surface area contributed by atoms with Gasteiger partial charge in [-0.25, -0.2) is 4.79 Å². The minimum absolute atomic E-state index is 0.0251. The number of nitrogens with zero attached hydrogens (tertiary/aromatic N) is 2. The van der Waals surface area contributed by atoms with Crippen LogP contribution in [-0.2, 0) is 4.74 Å². The number of hydrogen-bond acceptors (Lipinski definition) is 4. The molecule has 5 rings (SSSR count). The molecule has 0 aromatic heterocycles. The van der Waals surface area contributed by atoms with Crippen LogP contribution in [0.4, 0.5) is 10.5 Å². The number of urea groups is 1. The number of nitriles is 1. The van der Waals surface area contributed by atoms with Crippen molar-refractivity contribution in [2.24, 2.45) is 17.8 Å². The van der Waals surface area contributed by atoms with Crippen molar-refractivity contribution in [3.05, 3.63) is 59.7 Å². The normalized spacial score (nSPS) is 24.4. The van der Waals surface area contributed by atoms with Crippen molar-refractivity contribution in [1.29, 1.82) is 5.26 Å². The molecule has 3 atom stereocenters. The maximum Gasteiger partial charge on any atom is 0.322 e. The molecule has 6 nitrogen and oxygen atoms in total. The summed E-state index contributed by atoms with van der Waals surface area (Å²) >= 11 is 0. The second-order valence-corrected chi connectivity index (χ2v) is 8.47. The first-order valence-electron chi connectivity index (χ1n) is 10.6. The third-order valence-corrected chi connectivity index (χ3v) is 6.36. The van der Waals surface area contributed by atoms with E-state index >= 15 is 0 Å². The lowest BCUT2D eigenvalue weighted by molar-refractivity contribution is 0.0644. The molecule has 2 heterocycles. The molecule has 2 aromatic carbocycles. The fourth-order valence-corrected chi connectivity index (χ4v) is 4.54. The van der Waals surface area contributed by atoms with Crippen molar-refractivity contribution in [1.82, 2.24) is 4.90 Å². The number of amides is 2. The Morgan fingerprint density at radius 1 is 1.17 bits per heavy atom. The van der Waals surface area contributed by atoms with E-state index < -0.39 is 0 Å². The molecule has 30 heavy (non-hydrogen) atoms. The van der Waals surface area contributed by atoms with Gasteiger partial charge in [0.25, 0.3) is 0 Å². The van der Waals surface area contributed by atoms with Gasteiger partial charge < -0.3 is 19.7 Å². The zero-order chi connectivity index (χ0) is 20.5. The van der Waals surface area contributed by atoms with E-state index in [1.165, 1.54) is 12.8 Å². The first-order valence-corrected chi connectivity index (χ1v) is 10.6. The van der Waals surface area contributed by atoms with Crippen molar-refractivity contribution in [2.45, 2.75) is 18.9 Å². The molecule has 2 aromatic rings. The number of likely N-dealkylation sites (tertiary alicyclic amines) is 1. The van der Waals surface area contributed by atoms with Crippen LogP contribution in [0.3, 0.4) is 0 Å². The van der Waals surface area contributed by atoms with Crippen LogP contribution in [0, 0.1) is 29.1 Å². The van der Waals surface area contributed by atoms with Crippen LogP contribution in [0.1, 0.15) is 30.0 Å². The quantitative estimate of drug-likeness (QED) is 0.812. The summed E-state index contributed by atoms with van der Waals surface area (Å²) in [4.78, 5) is 15.2. The summed E-state index contributed by atoms with van der Waals surface area (Å²) < 4.78 is 12.0. The number of carbonyl (C=O) groups is 1. The van der Waals surface area contributed by atoms with Crippen LogP contribution in [-0.4, -0.2) is 37.3 Å². The number of rotatable bonds is 5. The van der Waals surface area contributed by atoms with Gasteiger partial charge in [-0.05, 0) is 49.1 Å². The SMILES string of the molecule is N#Cc1ccc(NC(=O)N2C[C@@H](COCC3CC3)[C@@H]3COc4ccccc4[C@@H]32)cc1. The Hall–Kier alpha value is -3.04. The molecule has 1 aliphatic carbocycles. The maximum absolute atomic E-state index is 13.2. The summed E-state index contributed by atoms with van der Waals surface area (Å²) in [5.41, 5.74) is 2.32. The molecule has 6 heteroatoms. The molecule has 0 radical (unpaired) electrons. The number of fused-ring (bicyclic) bond motifs is 3. The highest BCUT2D eigenvalue weighted by Gasteiger charge is 2.48. The maximum atomic E-state index is 13.2. The molecule has 2 amide bonds. The van der Waals surface area contributed by atoms with Crippen LogP contribution in [0.15, 0.2) is 48.5 Å². The van der Waals surface area contributed by atoms with E-state index in [1.54, 1.807) is 24.3 Å². The van der Waals surface area contributed by atoms with Crippen molar-refractivity contribution >= 4 is 11.7 Å². The van der Waals surface area contributed by atoms with E-state index in [9.17, 15) is 4.79 Å². The smallest absolute Gasteiger partial charge is 0.322 e. The Bertz CT molecular complexity index is 964. The summed E-state index contributed by atoms with van der Waals surface area (Å²) in [6.07, 6.45) is 2.54. The molecular formula is C24H25N3O3. The second-order valence-electron chi connectivity index (χ2n) is 8.47. The predicted octanol–water partition coefficient (Wildman–Crippen LogP) is 4.20. The van der Waals surface area contributed by atoms with Gasteiger partial charge in [-0.3, -0.25) is 0 Å². The number of benzene rings is 2. The minimum atomic E-state index is -0.129. The van der Waals surface area contributed by atoms with Gasteiger partial charge in [0.15, 0.2) is 0 Å². The Morgan fingerprint density at radius 3 is 2.73 bits per heavy atom. The number of para-hydroxylation sites is 1. The summed E-state index contributed by atoms with van der Waals surface area (Å²) in [5, 5.41) is 12.0. The number of nitrogens with one attached hydrogen (secondary N) is 1. The fourth-order valence-electron chi connectivity index (χ4n) is 4.54. The molecule has 154 valence electrons. The van der Waals surface area contributed by atoms with Crippen molar-refractivity contribution in [3.63, 3.8) is 0 Å². The van der Waals surface area contributed by atoms with Gasteiger partial charge >= 0.3 is 6.03 Å². The van der Waals surface area contributed by atoms with Gasteiger partial charge in [-0.15, -0.1) is 0 Å². The van der Waals surface area contributed by atoms with Crippen LogP contribution >= 0.6 is 0 Å². The number of carbonyl (C=O) groups excluding carboxylic acids is 1. The summed E-state index contributed by atoms with van der Waals surface area (Å²) in [7, 11) is 0. The Labute approximate surface area is 176 Å². The third-order valence-electron chi connectivity index (χ3n) is 6.36. The Kier molecular flexibility index (Phi) is 5.06. The van der Waals surface area contributed by atoms with Crippen molar-refractivity contribution < 1.29 is 14.3 Å². The zero-order valence-corrected chi connectivity index (χ0v) is 16.8. The Morgan fingerprint density at radius 2 is 1.97 bits per heavy atom. The monoisotopic (exact) mass is 403 g/mol. The molecule has 0 bridgehead atoms. The van der Waals surface area contributed by atoms with Gasteiger partial charge in [0.1, 0.15) is 5.75 Å². The molecule has 0 unspecified atom stereocenters. The van der Waals surface area contributed by atoms with E-state index in [-0.39, 0.29) is 23.9 Å². The molecule has 2 aliphatic heterocycles. The molecule has 1 saturated carbocycles. The van der Waals surface area contributed by atoms with Crippen molar-refractivity contribution in [3.8, 4) is 11.8 Å². The fraction of sp³-hybridized carbons (Fsp3) is 0.417. The van der Waals surface area contributed by atoms with Crippen molar-refractivity contribution in [2.75, 3.05) is 31.7 Å². The van der Waals surface area contributed by atoms with Gasteiger partial charge in [0, 0.05) is 36.2 Å². The molecule has 3 aliphatic rings. The number of ether oxygens (including phenoxy) is 2. The minimum Gasteiger partial charge on any atom is -0.493 e. The van der Waals surface area contributed by atoms with Crippen LogP contribution < -0.4 is 10.1 Å². The summed E-state index contributed by atoms with van der Waals surface area (Å²) in [5.74, 6) is 2.04. The molecule has 0 spiro atoms. The molecule has 1 saturated heterocycles. The highest BCUT2D eigenvalue weighted by molar-refractivity contribution is 5.90. The van der Waals surface area contributed by atoms with E-state index in [0.29, 0.717) is 31.0 Å². The van der Waals surface area contributed by atoms with Crippen LogP contribution in [0.2, 0.25) is 0 Å². The molecule has 1 N–H and O–H groups in total. The highest BCUT2D eigenvalue weighted by Crippen LogP contribution is 2.47. The lowest BCUT2D eigenvalue weighted by atomic mass is 9.86. The first kappa shape index (κ1) is 19.0. The standard InChI is InChI=1S/C24H25N3O3/c25-11-16-7-9-19(10-8-16)26-24(28)27-12-18(14-29-13-17-5-6-17)21-15-30-22-4-2-1-3-20(22)23(21)27/h1-4,7-10,17-18,21,23H,5-6,12-15H2,(H,26,28)/t18-,21-,23-/m0/s1. The average Bonchev–Trinajstić information content (AvgIpc) is 3.53. The zero-order valence-electron chi connectivity index (χ0n) is 16.8. The van der Waals surface area contributed by atoms with E-state index in [2.05, 4.69) is 17.5 Å². The van der Waals surface area contributed by atoms with Crippen LogP contribution in [0.25, 0.3) is 0 Å². The average molecular weight is 403 g/mol. The molecule has 2 fully saturated rings. The summed E-state index contributed by atoms with van der Waals surface area (Å²) in [6, 6.07) is 16.9. The van der Waals surface area contributed by atoms with Gasteiger partial charge in [-0.1, -0.05) is 18.2 Å². The van der Waals surface area contributed by atoms with E-state index in [0.717, 1.165) is 23.8 Å².